The van der Waals surface area contributed by atoms with Crippen LogP contribution in [0.15, 0.2) is 30.3 Å². The maximum absolute atomic E-state index is 9.74. The Morgan fingerprint density at radius 3 is 2.16 bits per heavy atom. The van der Waals surface area contributed by atoms with Gasteiger partial charge in [0.05, 0.1) is 53.3 Å². The Kier molecular flexibility index (Phi) is 9.49. The zero-order valence-corrected chi connectivity index (χ0v) is 18.4. The summed E-state index contributed by atoms with van der Waals surface area (Å²) in [5.74, 6) is 2.44. The van der Waals surface area contributed by atoms with Gasteiger partial charge in [0.2, 0.25) is 5.75 Å². The molecule has 0 aliphatic rings. The maximum atomic E-state index is 9.74. The molecule has 0 unspecified atom stereocenters. The summed E-state index contributed by atoms with van der Waals surface area (Å²) >= 11 is 0. The average molecular weight is 429 g/mol. The molecule has 0 aliphatic heterocycles. The van der Waals surface area contributed by atoms with E-state index < -0.39 is 0 Å². The van der Waals surface area contributed by atoms with Crippen LogP contribution in [0.4, 0.5) is 0 Å². The first kappa shape index (κ1) is 23.9. The number of rotatable bonds is 12. The summed E-state index contributed by atoms with van der Waals surface area (Å²) in [5, 5.41) is 9.74. The maximum Gasteiger partial charge on any atom is 0.203 e. The largest absolute Gasteiger partial charge is 0.493 e. The van der Waals surface area contributed by atoms with Crippen molar-refractivity contribution in [3.8, 4) is 34.8 Å². The molecular weight excluding hydrogens is 402 g/mol. The van der Waals surface area contributed by atoms with Crippen LogP contribution in [0.3, 0.4) is 0 Å². The Morgan fingerprint density at radius 1 is 0.839 bits per heavy atom. The number of methoxy groups -OCH3 is 5. The molecule has 8 nitrogen and oxygen atoms in total. The van der Waals surface area contributed by atoms with E-state index in [2.05, 4.69) is 6.07 Å². The van der Waals surface area contributed by atoms with E-state index in [1.165, 1.54) is 14.2 Å². The molecule has 0 amide bonds. The molecule has 0 N–H and O–H groups in total. The lowest BCUT2D eigenvalue weighted by Gasteiger charge is -2.15. The van der Waals surface area contributed by atoms with Gasteiger partial charge in [-0.1, -0.05) is 0 Å². The first-order valence-electron chi connectivity index (χ1n) is 9.41. The number of allylic oxidation sites excluding steroid dienone is 1. The number of nitrogens with zero attached hydrogens (tertiary/aromatic N) is 1. The number of nitriles is 1. The lowest BCUT2D eigenvalue weighted by atomic mass is 10.0. The second-order valence-electron chi connectivity index (χ2n) is 6.16. The standard InChI is InChI=1S/C23H27NO7/c1-25-8-9-30-15-31-22-12-16(11-21(28-4)23(22)29-5)10-18(14-24)17-6-7-19(26-2)20(13-17)27-3/h6-7,10-13H,8-9,15H2,1-5H3/b18-10+. The second-order valence-corrected chi connectivity index (χ2v) is 6.16. The van der Waals surface area contributed by atoms with Gasteiger partial charge in [0.1, 0.15) is 0 Å². The lowest BCUT2D eigenvalue weighted by Crippen LogP contribution is -2.08. The molecule has 0 saturated heterocycles. The summed E-state index contributed by atoms with van der Waals surface area (Å²) < 4.78 is 37.5. The molecule has 2 aromatic rings. The summed E-state index contributed by atoms with van der Waals surface area (Å²) in [6, 6.07) is 11.0. The molecular formula is C23H27NO7. The molecule has 0 spiro atoms. The van der Waals surface area contributed by atoms with E-state index in [0.29, 0.717) is 58.7 Å². The van der Waals surface area contributed by atoms with Crippen molar-refractivity contribution in [3.05, 3.63) is 41.5 Å². The summed E-state index contributed by atoms with van der Waals surface area (Å²) in [7, 11) is 7.76. The first-order valence-corrected chi connectivity index (χ1v) is 9.41. The van der Waals surface area contributed by atoms with Crippen LogP contribution < -0.4 is 23.7 Å². The molecule has 2 rings (SSSR count). The van der Waals surface area contributed by atoms with Gasteiger partial charge in [-0.3, -0.25) is 0 Å². The van der Waals surface area contributed by atoms with Crippen molar-refractivity contribution in [1.29, 1.82) is 5.26 Å². The molecule has 0 aromatic heterocycles. The summed E-state index contributed by atoms with van der Waals surface area (Å²) in [4.78, 5) is 0. The molecule has 0 aliphatic carbocycles. The highest BCUT2D eigenvalue weighted by Crippen LogP contribution is 2.39. The molecule has 166 valence electrons. The Labute approximate surface area is 182 Å². The van der Waals surface area contributed by atoms with Gasteiger partial charge in [-0.15, -0.1) is 0 Å². The van der Waals surface area contributed by atoms with Crippen LogP contribution in [0.25, 0.3) is 11.6 Å². The van der Waals surface area contributed by atoms with Crippen molar-refractivity contribution in [2.24, 2.45) is 0 Å². The van der Waals surface area contributed by atoms with Crippen molar-refractivity contribution >= 4 is 11.6 Å². The van der Waals surface area contributed by atoms with E-state index in [-0.39, 0.29) is 6.79 Å². The van der Waals surface area contributed by atoms with Crippen molar-refractivity contribution in [2.75, 3.05) is 55.6 Å². The van der Waals surface area contributed by atoms with Gasteiger partial charge in [0.15, 0.2) is 29.8 Å². The monoisotopic (exact) mass is 429 g/mol. The van der Waals surface area contributed by atoms with Crippen LogP contribution in [-0.4, -0.2) is 55.6 Å². The third-order valence-corrected chi connectivity index (χ3v) is 4.32. The molecule has 0 heterocycles. The van der Waals surface area contributed by atoms with E-state index in [1.807, 2.05) is 0 Å². The molecule has 0 fully saturated rings. The van der Waals surface area contributed by atoms with E-state index in [4.69, 9.17) is 33.2 Å². The van der Waals surface area contributed by atoms with Crippen molar-refractivity contribution in [2.45, 2.75) is 0 Å². The fraction of sp³-hybridized carbons (Fsp3) is 0.348. The fourth-order valence-electron chi connectivity index (χ4n) is 2.80. The predicted molar refractivity (Wildman–Crippen MR) is 116 cm³/mol. The van der Waals surface area contributed by atoms with Crippen LogP contribution in [-0.2, 0) is 9.47 Å². The van der Waals surface area contributed by atoms with E-state index >= 15 is 0 Å². The fourth-order valence-corrected chi connectivity index (χ4v) is 2.80. The van der Waals surface area contributed by atoms with Gasteiger partial charge in [-0.05, 0) is 47.5 Å². The minimum absolute atomic E-state index is 0.0107. The predicted octanol–water partition coefficient (Wildman–Crippen LogP) is 3.78. The number of hydrogen-bond donors (Lipinski definition) is 0. The Bertz CT molecular complexity index is 934. The highest BCUT2D eigenvalue weighted by atomic mass is 16.7. The lowest BCUT2D eigenvalue weighted by molar-refractivity contribution is -0.00957. The minimum Gasteiger partial charge on any atom is -0.493 e. The van der Waals surface area contributed by atoms with Gasteiger partial charge in [-0.2, -0.15) is 5.26 Å². The number of ether oxygens (including phenoxy) is 7. The summed E-state index contributed by atoms with van der Waals surface area (Å²) in [6.45, 7) is 0.869. The zero-order valence-electron chi connectivity index (χ0n) is 18.4. The third-order valence-electron chi connectivity index (χ3n) is 4.32. The normalized spacial score (nSPS) is 10.9. The number of benzene rings is 2. The third kappa shape index (κ3) is 6.28. The van der Waals surface area contributed by atoms with Crippen molar-refractivity contribution in [1.82, 2.24) is 0 Å². The van der Waals surface area contributed by atoms with Gasteiger partial charge in [0, 0.05) is 7.11 Å². The van der Waals surface area contributed by atoms with E-state index in [9.17, 15) is 5.26 Å². The summed E-state index contributed by atoms with van der Waals surface area (Å²) in [5.41, 5.74) is 1.80. The highest BCUT2D eigenvalue weighted by Gasteiger charge is 2.15. The van der Waals surface area contributed by atoms with Gasteiger partial charge in [-0.25, -0.2) is 0 Å². The number of hydrogen-bond acceptors (Lipinski definition) is 8. The van der Waals surface area contributed by atoms with E-state index in [1.54, 1.807) is 57.7 Å². The second kappa shape index (κ2) is 12.3. The van der Waals surface area contributed by atoms with Crippen LogP contribution in [0.1, 0.15) is 11.1 Å². The van der Waals surface area contributed by atoms with Gasteiger partial charge < -0.3 is 33.2 Å². The highest BCUT2D eigenvalue weighted by molar-refractivity contribution is 5.90. The van der Waals surface area contributed by atoms with Gasteiger partial charge in [0.25, 0.3) is 0 Å². The zero-order chi connectivity index (χ0) is 22.6. The molecule has 8 heteroatoms. The van der Waals surface area contributed by atoms with Crippen LogP contribution in [0, 0.1) is 11.3 Å². The van der Waals surface area contributed by atoms with Crippen molar-refractivity contribution in [3.63, 3.8) is 0 Å². The molecule has 2 aromatic carbocycles. The Hall–Kier alpha value is -3.41. The molecule has 0 radical (unpaired) electrons. The smallest absolute Gasteiger partial charge is 0.203 e. The van der Waals surface area contributed by atoms with Gasteiger partial charge >= 0.3 is 0 Å². The molecule has 0 saturated carbocycles. The quantitative estimate of drug-likeness (QED) is 0.218. The van der Waals surface area contributed by atoms with Crippen LogP contribution in [0.2, 0.25) is 0 Å². The Balaban J connectivity index is 2.40. The molecule has 0 bridgehead atoms. The molecule has 31 heavy (non-hydrogen) atoms. The minimum atomic E-state index is 0.0107. The average Bonchev–Trinajstić information content (AvgIpc) is 2.81. The van der Waals surface area contributed by atoms with Crippen LogP contribution >= 0.6 is 0 Å². The van der Waals surface area contributed by atoms with Crippen molar-refractivity contribution < 1.29 is 33.2 Å². The molecule has 0 atom stereocenters. The summed E-state index contributed by atoms with van der Waals surface area (Å²) in [6.07, 6.45) is 1.72. The topological polar surface area (TPSA) is 88.4 Å². The van der Waals surface area contributed by atoms with E-state index in [0.717, 1.165) is 0 Å². The Morgan fingerprint density at radius 2 is 1.55 bits per heavy atom. The first-order chi connectivity index (χ1) is 15.1. The van der Waals surface area contributed by atoms with Crippen LogP contribution in [0.5, 0.6) is 28.7 Å². The SMILES string of the molecule is COCCOCOc1cc(/C=C(\C#N)c2ccc(OC)c(OC)c2)cc(OC)c1OC.